The SMILES string of the molecule is CCc1c(C)[nH]c(C2=C(O)C(c3cc4c5c(c3[O-])C(C)(C)CCN5CCC4(C)C)C2=O)c1C. The maximum Gasteiger partial charge on any atom is 0.183 e. The smallest absolute Gasteiger partial charge is 0.183 e. The summed E-state index contributed by atoms with van der Waals surface area (Å²) in [6.45, 7) is 16.7. The Balaban J connectivity index is 1.70. The van der Waals surface area contributed by atoms with Crippen LogP contribution in [0.25, 0.3) is 5.57 Å². The predicted molar refractivity (Wildman–Crippen MR) is 130 cm³/mol. The summed E-state index contributed by atoms with van der Waals surface area (Å²) < 4.78 is 0. The Hall–Kier alpha value is -2.69. The fraction of sp³-hybridized carbons (Fsp3) is 0.536. The Morgan fingerprint density at radius 3 is 2.36 bits per heavy atom. The van der Waals surface area contributed by atoms with Crippen molar-refractivity contribution in [2.24, 2.45) is 0 Å². The number of hydrogen-bond donors (Lipinski definition) is 2. The van der Waals surface area contributed by atoms with Crippen LogP contribution in [0.4, 0.5) is 5.69 Å². The summed E-state index contributed by atoms with van der Waals surface area (Å²) in [7, 11) is 0. The first-order chi connectivity index (χ1) is 15.4. The molecule has 2 N–H and O–H groups in total. The number of anilines is 1. The summed E-state index contributed by atoms with van der Waals surface area (Å²) in [6.07, 6.45) is 2.77. The molecule has 1 unspecified atom stereocenters. The highest BCUT2D eigenvalue weighted by atomic mass is 16.3. The van der Waals surface area contributed by atoms with Crippen molar-refractivity contribution >= 4 is 17.0 Å². The van der Waals surface area contributed by atoms with Crippen LogP contribution in [0.5, 0.6) is 5.75 Å². The van der Waals surface area contributed by atoms with Gasteiger partial charge in [0.2, 0.25) is 0 Å². The van der Waals surface area contributed by atoms with Crippen molar-refractivity contribution in [2.45, 2.75) is 84.5 Å². The lowest BCUT2D eigenvalue weighted by molar-refractivity contribution is -0.271. The monoisotopic (exact) mass is 447 g/mol. The minimum Gasteiger partial charge on any atom is -0.872 e. The van der Waals surface area contributed by atoms with Gasteiger partial charge in [-0.2, -0.15) is 0 Å². The van der Waals surface area contributed by atoms with Gasteiger partial charge in [0.05, 0.1) is 11.3 Å². The number of carbonyl (C=O) groups excluding carboxylic acids is 1. The highest BCUT2D eigenvalue weighted by Crippen LogP contribution is 2.56. The molecular weight excluding hydrogens is 412 g/mol. The van der Waals surface area contributed by atoms with Crippen molar-refractivity contribution in [2.75, 3.05) is 18.0 Å². The third-order valence-corrected chi connectivity index (χ3v) is 8.56. The molecule has 1 aromatic carbocycles. The third kappa shape index (κ3) is 2.87. The number of aryl methyl sites for hydroxylation is 1. The van der Waals surface area contributed by atoms with Crippen LogP contribution in [0.2, 0.25) is 0 Å². The van der Waals surface area contributed by atoms with Gasteiger partial charge in [0, 0.05) is 24.5 Å². The number of hydrogen-bond acceptors (Lipinski definition) is 4. The average molecular weight is 448 g/mol. The highest BCUT2D eigenvalue weighted by Gasteiger charge is 2.46. The molecule has 0 saturated heterocycles. The Morgan fingerprint density at radius 2 is 1.79 bits per heavy atom. The van der Waals surface area contributed by atoms with Gasteiger partial charge in [-0.05, 0) is 71.8 Å². The molecule has 176 valence electrons. The van der Waals surface area contributed by atoms with E-state index in [2.05, 4.69) is 44.5 Å². The Bertz CT molecular complexity index is 1230. The maximum atomic E-state index is 13.9. The molecule has 0 saturated carbocycles. The lowest BCUT2D eigenvalue weighted by atomic mass is 9.66. The molecule has 2 aromatic rings. The van der Waals surface area contributed by atoms with Gasteiger partial charge in [0.15, 0.2) is 5.78 Å². The third-order valence-electron chi connectivity index (χ3n) is 8.56. The number of aromatic amines is 1. The van der Waals surface area contributed by atoms with E-state index in [4.69, 9.17) is 0 Å². The molecule has 33 heavy (non-hydrogen) atoms. The van der Waals surface area contributed by atoms with Crippen LogP contribution in [0.1, 0.15) is 92.6 Å². The van der Waals surface area contributed by atoms with E-state index in [-0.39, 0.29) is 28.1 Å². The van der Waals surface area contributed by atoms with Gasteiger partial charge in [-0.25, -0.2) is 0 Å². The number of rotatable bonds is 3. The number of aliphatic hydroxyl groups excluding tert-OH is 1. The van der Waals surface area contributed by atoms with Gasteiger partial charge in [-0.15, -0.1) is 0 Å². The molecule has 0 bridgehead atoms. The van der Waals surface area contributed by atoms with E-state index in [1.54, 1.807) is 0 Å². The first-order valence-corrected chi connectivity index (χ1v) is 12.2. The summed E-state index contributed by atoms with van der Waals surface area (Å²) in [6, 6.07) is 1.94. The van der Waals surface area contributed by atoms with Gasteiger partial charge in [-0.3, -0.25) is 4.79 Å². The largest absolute Gasteiger partial charge is 0.872 e. The van der Waals surface area contributed by atoms with E-state index in [0.717, 1.165) is 60.4 Å². The lowest BCUT2D eigenvalue weighted by Crippen LogP contribution is -2.45. The summed E-state index contributed by atoms with van der Waals surface area (Å²) >= 11 is 0. The van der Waals surface area contributed by atoms with E-state index in [1.165, 1.54) is 5.56 Å². The molecule has 0 spiro atoms. The van der Waals surface area contributed by atoms with Crippen LogP contribution in [-0.2, 0) is 22.0 Å². The summed E-state index contributed by atoms with van der Waals surface area (Å²) in [5, 5.41) is 25.0. The van der Waals surface area contributed by atoms with E-state index in [1.807, 2.05) is 19.9 Å². The van der Waals surface area contributed by atoms with Gasteiger partial charge in [0.1, 0.15) is 11.7 Å². The quantitative estimate of drug-likeness (QED) is 0.688. The molecule has 0 fully saturated rings. The van der Waals surface area contributed by atoms with Crippen molar-refractivity contribution < 1.29 is 15.0 Å². The first kappa shape index (κ1) is 22.1. The number of carbonyl (C=O) groups is 1. The van der Waals surface area contributed by atoms with E-state index in [0.29, 0.717) is 16.8 Å². The molecule has 3 aliphatic rings. The highest BCUT2D eigenvalue weighted by molar-refractivity contribution is 6.32. The zero-order chi connectivity index (χ0) is 24.0. The second-order valence-corrected chi connectivity index (χ2v) is 11.5. The van der Waals surface area contributed by atoms with Gasteiger partial charge in [-0.1, -0.05) is 46.4 Å². The molecule has 2 aliphatic heterocycles. The molecule has 3 heterocycles. The zero-order valence-electron chi connectivity index (χ0n) is 20.9. The predicted octanol–water partition coefficient (Wildman–Crippen LogP) is 5.07. The van der Waals surface area contributed by atoms with Gasteiger partial charge in [0.25, 0.3) is 0 Å². The van der Waals surface area contributed by atoms with Crippen LogP contribution >= 0.6 is 0 Å². The van der Waals surface area contributed by atoms with E-state index in [9.17, 15) is 15.0 Å². The van der Waals surface area contributed by atoms with Gasteiger partial charge < -0.3 is 20.1 Å². The number of aliphatic hydroxyl groups is 1. The van der Waals surface area contributed by atoms with Crippen LogP contribution in [0.15, 0.2) is 11.8 Å². The first-order valence-electron chi connectivity index (χ1n) is 12.2. The Labute approximate surface area is 196 Å². The van der Waals surface area contributed by atoms with Crippen LogP contribution < -0.4 is 10.0 Å². The number of ketones is 1. The molecule has 5 heteroatoms. The zero-order valence-corrected chi connectivity index (χ0v) is 20.9. The Kier molecular flexibility index (Phi) is 4.63. The lowest BCUT2D eigenvalue weighted by Gasteiger charge is -2.51. The maximum absolute atomic E-state index is 13.9. The normalized spacial score (nSPS) is 22.9. The van der Waals surface area contributed by atoms with E-state index >= 15 is 0 Å². The van der Waals surface area contributed by atoms with Crippen LogP contribution in [-0.4, -0.2) is 29.0 Å². The minimum absolute atomic E-state index is 0.0235. The molecule has 1 atom stereocenters. The van der Waals surface area contributed by atoms with Crippen LogP contribution in [0, 0.1) is 13.8 Å². The number of benzene rings is 1. The summed E-state index contributed by atoms with van der Waals surface area (Å²) in [5.41, 5.74) is 7.36. The summed E-state index contributed by atoms with van der Waals surface area (Å²) in [4.78, 5) is 19.1. The second kappa shape index (κ2) is 6.91. The number of H-pyrrole nitrogens is 1. The number of allylic oxidation sites excluding steroid dienone is 2. The number of nitrogens with zero attached hydrogens (tertiary/aromatic N) is 1. The molecule has 1 aliphatic carbocycles. The molecule has 5 rings (SSSR count). The molecule has 0 radical (unpaired) electrons. The fourth-order valence-electron chi connectivity index (χ4n) is 6.36. The number of aromatic nitrogens is 1. The standard InChI is InChI=1S/C28H36N2O3/c1-8-16-14(2)22(29-15(16)3)20-25(32)19(26(20)33)17-13-18-23-21(24(17)31)28(6,7)10-12-30(23)11-9-27(18,4)5/h13,19,29,31-32H,8-12H2,1-7H3/p-1. The van der Waals surface area contributed by atoms with Crippen molar-refractivity contribution in [3.8, 4) is 5.75 Å². The molecule has 0 amide bonds. The topological polar surface area (TPSA) is 79.4 Å². The second-order valence-electron chi connectivity index (χ2n) is 11.5. The summed E-state index contributed by atoms with van der Waals surface area (Å²) in [5.74, 6) is -1.08. The molecule has 1 aromatic heterocycles. The number of Topliss-reactive ketones (excluding diaryl/α,β-unsaturated/α-hetero) is 1. The molecular formula is C28H35N2O3-. The van der Waals surface area contributed by atoms with Crippen LogP contribution in [0.3, 0.4) is 0 Å². The van der Waals surface area contributed by atoms with E-state index < -0.39 is 5.92 Å². The van der Waals surface area contributed by atoms with Gasteiger partial charge >= 0.3 is 0 Å². The van der Waals surface area contributed by atoms with Crippen molar-refractivity contribution in [3.63, 3.8) is 0 Å². The Morgan fingerprint density at radius 1 is 1.15 bits per heavy atom. The van der Waals surface area contributed by atoms with Crippen molar-refractivity contribution in [1.82, 2.24) is 4.98 Å². The average Bonchev–Trinajstić information content (AvgIpc) is 3.00. The fourth-order valence-corrected chi connectivity index (χ4v) is 6.36. The minimum atomic E-state index is -0.869. The van der Waals surface area contributed by atoms with Crippen molar-refractivity contribution in [1.29, 1.82) is 0 Å². The molecule has 5 nitrogen and oxygen atoms in total. The number of nitrogens with one attached hydrogen (secondary N) is 1. The van der Waals surface area contributed by atoms with Crippen molar-refractivity contribution in [3.05, 3.63) is 51.0 Å².